The Morgan fingerprint density at radius 1 is 1.19 bits per heavy atom. The van der Waals surface area contributed by atoms with Gasteiger partial charge in [0.1, 0.15) is 0 Å². The van der Waals surface area contributed by atoms with E-state index >= 15 is 0 Å². The van der Waals surface area contributed by atoms with E-state index in [0.29, 0.717) is 18.5 Å². The van der Waals surface area contributed by atoms with Gasteiger partial charge >= 0.3 is 64.2 Å². The average molecular weight is 360 g/mol. The molecule has 0 aliphatic heterocycles. The van der Waals surface area contributed by atoms with E-state index in [9.17, 15) is 14.4 Å². The molecule has 3 N–H and O–H groups in total. The maximum Gasteiger partial charge on any atom is 1.00 e. The number of nitrogens with one attached hydrogen (secondary N) is 3. The van der Waals surface area contributed by atoms with Crippen molar-refractivity contribution >= 4 is 23.5 Å². The van der Waals surface area contributed by atoms with Gasteiger partial charge in [0.25, 0.3) is 0 Å². The van der Waals surface area contributed by atoms with Crippen molar-refractivity contribution in [1.82, 2.24) is 10.6 Å². The monoisotopic (exact) mass is 359 g/mol. The second-order valence-electron chi connectivity index (χ2n) is 4.71. The summed E-state index contributed by atoms with van der Waals surface area (Å²) in [6.45, 7) is 3.25. The van der Waals surface area contributed by atoms with E-state index in [0.717, 1.165) is 11.1 Å². The first-order valence-electron chi connectivity index (χ1n) is 6.27. The van der Waals surface area contributed by atoms with Gasteiger partial charge in [-0.25, -0.2) is 4.79 Å². The SMILES string of the molecule is [CH2-]C(=O)Nc1ccc2c(c1)CC(C(=O)NC(=O)NC)C2.[Rb+]. The molecule has 0 saturated carbocycles. The molecule has 0 heterocycles. The van der Waals surface area contributed by atoms with Gasteiger partial charge in [0.2, 0.25) is 5.91 Å². The van der Waals surface area contributed by atoms with Gasteiger partial charge in [-0.2, -0.15) is 0 Å². The Labute approximate surface area is 172 Å². The molecule has 6 nitrogen and oxygen atoms in total. The molecule has 0 aromatic heterocycles. The number of anilines is 1. The van der Waals surface area contributed by atoms with Crippen molar-refractivity contribution in [3.63, 3.8) is 0 Å². The van der Waals surface area contributed by atoms with E-state index in [-0.39, 0.29) is 75.9 Å². The van der Waals surface area contributed by atoms with Crippen molar-refractivity contribution in [1.29, 1.82) is 0 Å². The fraction of sp³-hybridized carbons (Fsp3) is 0.286. The normalized spacial score (nSPS) is 15.4. The Bertz CT molecular complexity index is 575. The molecule has 1 aliphatic rings. The summed E-state index contributed by atoms with van der Waals surface area (Å²) in [7, 11) is 1.46. The van der Waals surface area contributed by atoms with Gasteiger partial charge in [0.15, 0.2) is 0 Å². The molecule has 0 spiro atoms. The van der Waals surface area contributed by atoms with Crippen molar-refractivity contribution in [3.05, 3.63) is 36.2 Å². The molecule has 1 aromatic rings. The van der Waals surface area contributed by atoms with E-state index in [1.807, 2.05) is 12.1 Å². The summed E-state index contributed by atoms with van der Waals surface area (Å²) in [6, 6.07) is 5.00. The molecule has 4 amide bonds. The average Bonchev–Trinajstić information content (AvgIpc) is 2.81. The number of amides is 4. The van der Waals surface area contributed by atoms with Gasteiger partial charge in [-0.15, -0.1) is 0 Å². The van der Waals surface area contributed by atoms with Crippen molar-refractivity contribution in [3.8, 4) is 0 Å². The van der Waals surface area contributed by atoms with Gasteiger partial charge in [0.05, 0.1) is 5.91 Å². The first-order valence-corrected chi connectivity index (χ1v) is 6.27. The third-order valence-electron chi connectivity index (χ3n) is 3.26. The van der Waals surface area contributed by atoms with Crippen LogP contribution in [0.25, 0.3) is 0 Å². The van der Waals surface area contributed by atoms with Crippen molar-refractivity contribution in [2.24, 2.45) is 5.92 Å². The quantitative estimate of drug-likeness (QED) is 0.516. The number of carbonyl (C=O) groups is 3. The molecule has 0 radical (unpaired) electrons. The molecule has 7 heteroatoms. The summed E-state index contributed by atoms with van der Waals surface area (Å²) in [5, 5.41) is 7.24. The van der Waals surface area contributed by atoms with Crippen LogP contribution in [0.15, 0.2) is 18.2 Å². The molecule has 0 fully saturated rings. The first-order chi connectivity index (χ1) is 9.49. The summed E-state index contributed by atoms with van der Waals surface area (Å²) in [4.78, 5) is 33.9. The van der Waals surface area contributed by atoms with E-state index in [2.05, 4.69) is 22.9 Å². The van der Waals surface area contributed by atoms with Crippen LogP contribution in [0.5, 0.6) is 0 Å². The first kappa shape index (κ1) is 18.4. The number of hydrogen-bond donors (Lipinski definition) is 3. The summed E-state index contributed by atoms with van der Waals surface area (Å²) in [6.07, 6.45) is 1.15. The summed E-state index contributed by atoms with van der Waals surface area (Å²) >= 11 is 0. The van der Waals surface area contributed by atoms with Gasteiger partial charge in [0, 0.05) is 18.7 Å². The molecule has 21 heavy (non-hydrogen) atoms. The molecule has 1 unspecified atom stereocenters. The summed E-state index contributed by atoms with van der Waals surface area (Å²) in [5.41, 5.74) is 2.73. The van der Waals surface area contributed by atoms with E-state index < -0.39 is 6.03 Å². The number of urea groups is 1. The van der Waals surface area contributed by atoms with Crippen LogP contribution in [0, 0.1) is 12.8 Å². The maximum absolute atomic E-state index is 11.9. The molecular weight excluding hydrogens is 344 g/mol. The predicted octanol–water partition coefficient (Wildman–Crippen LogP) is -2.37. The number of rotatable bonds is 2. The van der Waals surface area contributed by atoms with Crippen LogP contribution >= 0.6 is 0 Å². The Morgan fingerprint density at radius 3 is 2.48 bits per heavy atom. The van der Waals surface area contributed by atoms with Crippen molar-refractivity contribution < 1.29 is 72.6 Å². The summed E-state index contributed by atoms with van der Waals surface area (Å²) in [5.74, 6) is -0.923. The van der Waals surface area contributed by atoms with E-state index in [4.69, 9.17) is 0 Å². The second kappa shape index (κ2) is 8.07. The van der Waals surface area contributed by atoms with E-state index in [1.165, 1.54) is 7.05 Å². The number of imide groups is 1. The smallest absolute Gasteiger partial charge is 0.351 e. The number of carbonyl (C=O) groups excluding carboxylic acids is 3. The molecule has 0 bridgehead atoms. The molecule has 1 aromatic carbocycles. The number of fused-ring (bicyclic) bond motifs is 1. The molecule has 0 saturated heterocycles. The molecular formula is C14H16N3O3Rb. The van der Waals surface area contributed by atoms with Gasteiger partial charge in [-0.3, -0.25) is 10.1 Å². The molecule has 106 valence electrons. The Kier molecular flexibility index (Phi) is 7.06. The van der Waals surface area contributed by atoms with Crippen molar-refractivity contribution in [2.45, 2.75) is 12.8 Å². The number of hydrogen-bond acceptors (Lipinski definition) is 3. The topological polar surface area (TPSA) is 87.3 Å². The third kappa shape index (κ3) is 4.91. The zero-order valence-corrected chi connectivity index (χ0v) is 17.1. The minimum absolute atomic E-state index is 0. The maximum atomic E-state index is 11.9. The van der Waals surface area contributed by atoms with Crippen LogP contribution < -0.4 is 74.1 Å². The third-order valence-corrected chi connectivity index (χ3v) is 3.26. The zero-order valence-electron chi connectivity index (χ0n) is 12.2. The van der Waals surface area contributed by atoms with Crippen LogP contribution in [0.3, 0.4) is 0 Å². The van der Waals surface area contributed by atoms with Crippen LogP contribution in [0.2, 0.25) is 0 Å². The van der Waals surface area contributed by atoms with E-state index in [1.54, 1.807) is 6.07 Å². The fourth-order valence-electron chi connectivity index (χ4n) is 2.32. The van der Waals surface area contributed by atoms with Crippen molar-refractivity contribution in [2.75, 3.05) is 12.4 Å². The number of benzene rings is 1. The second-order valence-corrected chi connectivity index (χ2v) is 4.71. The van der Waals surface area contributed by atoms with Crippen LogP contribution in [-0.2, 0) is 22.4 Å². The minimum Gasteiger partial charge on any atom is -0.351 e. The van der Waals surface area contributed by atoms with Gasteiger partial charge < -0.3 is 22.4 Å². The predicted molar refractivity (Wildman–Crippen MR) is 73.9 cm³/mol. The van der Waals surface area contributed by atoms with Gasteiger partial charge in [-0.1, -0.05) is 6.07 Å². The zero-order chi connectivity index (χ0) is 14.7. The largest absolute Gasteiger partial charge is 1.00 e. The van der Waals surface area contributed by atoms with Crippen LogP contribution in [0.1, 0.15) is 11.1 Å². The molecule has 1 atom stereocenters. The standard InChI is InChI=1S/C14H16N3O3.Rb/c1-8(18)16-12-4-3-9-5-11(6-10(9)7-12)13(19)17-14(20)15-2;/h3-4,7,11H,1,5-6H2,2H3,(H,16,18)(H2,15,17,19,20);/q-1;+1. The Morgan fingerprint density at radius 2 is 1.86 bits per heavy atom. The summed E-state index contributed by atoms with van der Waals surface area (Å²) < 4.78 is 0. The molecule has 1 aliphatic carbocycles. The minimum atomic E-state index is -0.504. The van der Waals surface area contributed by atoms with Gasteiger partial charge in [-0.05, 0) is 36.1 Å². The fourth-order valence-corrected chi connectivity index (χ4v) is 2.32. The van der Waals surface area contributed by atoms with Crippen LogP contribution in [-0.4, -0.2) is 24.9 Å². The Hall–Kier alpha value is -0.695. The van der Waals surface area contributed by atoms with Crippen LogP contribution in [0.4, 0.5) is 10.5 Å². The Balaban J connectivity index is 0.00000220. The molecule has 2 rings (SSSR count).